The standard InChI is InChI=1S/C18H24N4/c1-15-14-16(2)20-18(19-15)22-12-10-21(11-13-22)9-8-17-6-4-3-5-7-17/h3-7,14H,8-13H2,1-2H3. The summed E-state index contributed by atoms with van der Waals surface area (Å²) in [5.41, 5.74) is 3.52. The van der Waals surface area contributed by atoms with Crippen LogP contribution in [-0.2, 0) is 6.42 Å². The molecule has 22 heavy (non-hydrogen) atoms. The van der Waals surface area contributed by atoms with E-state index in [1.165, 1.54) is 5.56 Å². The highest BCUT2D eigenvalue weighted by atomic mass is 15.3. The van der Waals surface area contributed by atoms with Crippen LogP contribution < -0.4 is 4.90 Å². The summed E-state index contributed by atoms with van der Waals surface area (Å²) in [4.78, 5) is 14.0. The molecule has 1 aliphatic rings. The smallest absolute Gasteiger partial charge is 0.225 e. The van der Waals surface area contributed by atoms with Crippen LogP contribution in [0.15, 0.2) is 36.4 Å². The summed E-state index contributed by atoms with van der Waals surface area (Å²) in [6.45, 7) is 9.40. The van der Waals surface area contributed by atoms with Crippen molar-refractivity contribution >= 4 is 5.95 Å². The number of hydrogen-bond donors (Lipinski definition) is 0. The highest BCUT2D eigenvalue weighted by Crippen LogP contribution is 2.13. The summed E-state index contributed by atoms with van der Waals surface area (Å²) in [5.74, 6) is 0.889. The molecule has 0 radical (unpaired) electrons. The minimum Gasteiger partial charge on any atom is -0.338 e. The molecule has 1 aromatic heterocycles. The highest BCUT2D eigenvalue weighted by Gasteiger charge is 2.19. The maximum Gasteiger partial charge on any atom is 0.225 e. The fraction of sp³-hybridized carbons (Fsp3) is 0.444. The maximum atomic E-state index is 4.57. The van der Waals surface area contributed by atoms with Gasteiger partial charge in [-0.25, -0.2) is 9.97 Å². The first-order chi connectivity index (χ1) is 10.7. The lowest BCUT2D eigenvalue weighted by Gasteiger charge is -2.34. The van der Waals surface area contributed by atoms with Gasteiger partial charge in [-0.3, -0.25) is 4.90 Å². The Kier molecular flexibility index (Phi) is 4.68. The Hall–Kier alpha value is -1.94. The minimum absolute atomic E-state index is 0.889. The van der Waals surface area contributed by atoms with Gasteiger partial charge < -0.3 is 4.90 Å². The third kappa shape index (κ3) is 3.83. The van der Waals surface area contributed by atoms with Crippen molar-refractivity contribution in [2.45, 2.75) is 20.3 Å². The van der Waals surface area contributed by atoms with Crippen molar-refractivity contribution in [3.05, 3.63) is 53.3 Å². The zero-order valence-corrected chi connectivity index (χ0v) is 13.5. The molecule has 0 saturated carbocycles. The molecule has 0 amide bonds. The number of benzene rings is 1. The van der Waals surface area contributed by atoms with Gasteiger partial charge in [-0.1, -0.05) is 30.3 Å². The number of anilines is 1. The van der Waals surface area contributed by atoms with Gasteiger partial charge in [0.25, 0.3) is 0 Å². The van der Waals surface area contributed by atoms with Gasteiger partial charge >= 0.3 is 0 Å². The van der Waals surface area contributed by atoms with Crippen molar-refractivity contribution in [1.29, 1.82) is 0 Å². The molecular weight excluding hydrogens is 272 g/mol. The molecule has 0 N–H and O–H groups in total. The summed E-state index contributed by atoms with van der Waals surface area (Å²) in [5, 5.41) is 0. The fourth-order valence-corrected chi connectivity index (χ4v) is 2.95. The molecule has 1 saturated heterocycles. The molecule has 1 aromatic carbocycles. The van der Waals surface area contributed by atoms with E-state index < -0.39 is 0 Å². The highest BCUT2D eigenvalue weighted by molar-refractivity contribution is 5.32. The SMILES string of the molecule is Cc1cc(C)nc(N2CCN(CCc3ccccc3)CC2)n1. The predicted molar refractivity (Wildman–Crippen MR) is 90.3 cm³/mol. The Bertz CT molecular complexity index is 583. The van der Waals surface area contributed by atoms with Crippen LogP contribution >= 0.6 is 0 Å². The van der Waals surface area contributed by atoms with Crippen molar-refractivity contribution in [2.75, 3.05) is 37.6 Å². The number of nitrogens with zero attached hydrogens (tertiary/aromatic N) is 4. The molecule has 1 fully saturated rings. The van der Waals surface area contributed by atoms with Crippen LogP contribution in [0, 0.1) is 13.8 Å². The van der Waals surface area contributed by atoms with E-state index in [4.69, 9.17) is 0 Å². The molecule has 0 bridgehead atoms. The molecule has 0 atom stereocenters. The first-order valence-corrected chi connectivity index (χ1v) is 8.04. The van der Waals surface area contributed by atoms with E-state index in [1.807, 2.05) is 19.9 Å². The van der Waals surface area contributed by atoms with Crippen LogP contribution in [-0.4, -0.2) is 47.6 Å². The second kappa shape index (κ2) is 6.88. The number of rotatable bonds is 4. The first kappa shape index (κ1) is 15.0. The molecule has 0 unspecified atom stereocenters. The van der Waals surface area contributed by atoms with E-state index in [0.29, 0.717) is 0 Å². The Morgan fingerprint density at radius 1 is 0.909 bits per heavy atom. The van der Waals surface area contributed by atoms with Crippen LogP contribution in [0.5, 0.6) is 0 Å². The van der Waals surface area contributed by atoms with E-state index in [0.717, 1.165) is 56.5 Å². The topological polar surface area (TPSA) is 32.3 Å². The van der Waals surface area contributed by atoms with Crippen LogP contribution in [0.4, 0.5) is 5.95 Å². The largest absolute Gasteiger partial charge is 0.338 e. The van der Waals surface area contributed by atoms with Crippen molar-refractivity contribution in [3.63, 3.8) is 0 Å². The summed E-state index contributed by atoms with van der Waals surface area (Å²) >= 11 is 0. The van der Waals surface area contributed by atoms with Crippen molar-refractivity contribution in [3.8, 4) is 0 Å². The van der Waals surface area contributed by atoms with Gasteiger partial charge in [-0.05, 0) is 31.9 Å². The van der Waals surface area contributed by atoms with E-state index in [2.05, 4.69) is 50.1 Å². The van der Waals surface area contributed by atoms with E-state index in [9.17, 15) is 0 Å². The second-order valence-corrected chi connectivity index (χ2v) is 6.01. The summed E-state index contributed by atoms with van der Waals surface area (Å²) in [7, 11) is 0. The minimum atomic E-state index is 0.889. The lowest BCUT2D eigenvalue weighted by Crippen LogP contribution is -2.47. The normalized spacial score (nSPS) is 16.0. The molecule has 1 aliphatic heterocycles. The Labute approximate surface area is 132 Å². The average molecular weight is 296 g/mol. The lowest BCUT2D eigenvalue weighted by atomic mass is 10.1. The molecule has 0 spiro atoms. The molecule has 2 aromatic rings. The number of aryl methyl sites for hydroxylation is 2. The zero-order valence-electron chi connectivity index (χ0n) is 13.5. The van der Waals surface area contributed by atoms with Gasteiger partial charge in [0.15, 0.2) is 0 Å². The van der Waals surface area contributed by atoms with Crippen LogP contribution in [0.2, 0.25) is 0 Å². The Morgan fingerprint density at radius 3 is 2.18 bits per heavy atom. The molecule has 116 valence electrons. The summed E-state index contributed by atoms with van der Waals surface area (Å²) in [6.07, 6.45) is 1.13. The molecule has 2 heterocycles. The quantitative estimate of drug-likeness (QED) is 0.867. The second-order valence-electron chi connectivity index (χ2n) is 6.01. The molecule has 4 heteroatoms. The average Bonchev–Trinajstić information content (AvgIpc) is 2.53. The van der Waals surface area contributed by atoms with E-state index >= 15 is 0 Å². The molecule has 4 nitrogen and oxygen atoms in total. The van der Waals surface area contributed by atoms with Gasteiger partial charge in [0.2, 0.25) is 5.95 Å². The van der Waals surface area contributed by atoms with Gasteiger partial charge in [0.1, 0.15) is 0 Å². The monoisotopic (exact) mass is 296 g/mol. The summed E-state index contributed by atoms with van der Waals surface area (Å²) in [6, 6.07) is 12.8. The van der Waals surface area contributed by atoms with Crippen molar-refractivity contribution in [2.24, 2.45) is 0 Å². The van der Waals surface area contributed by atoms with Crippen LogP contribution in [0.1, 0.15) is 17.0 Å². The Balaban J connectivity index is 1.52. The van der Waals surface area contributed by atoms with Crippen molar-refractivity contribution in [1.82, 2.24) is 14.9 Å². The number of piperazine rings is 1. The third-order valence-corrected chi connectivity index (χ3v) is 4.19. The van der Waals surface area contributed by atoms with E-state index in [-0.39, 0.29) is 0 Å². The van der Waals surface area contributed by atoms with Crippen LogP contribution in [0.3, 0.4) is 0 Å². The molecular formula is C18H24N4. The van der Waals surface area contributed by atoms with Gasteiger partial charge in [0.05, 0.1) is 0 Å². The van der Waals surface area contributed by atoms with Gasteiger partial charge in [0, 0.05) is 44.1 Å². The number of hydrogen-bond acceptors (Lipinski definition) is 4. The maximum absolute atomic E-state index is 4.57. The number of aromatic nitrogens is 2. The molecule has 3 rings (SSSR count). The van der Waals surface area contributed by atoms with Gasteiger partial charge in [-0.2, -0.15) is 0 Å². The van der Waals surface area contributed by atoms with E-state index in [1.54, 1.807) is 0 Å². The third-order valence-electron chi connectivity index (χ3n) is 4.19. The van der Waals surface area contributed by atoms with Crippen LogP contribution in [0.25, 0.3) is 0 Å². The summed E-state index contributed by atoms with van der Waals surface area (Å²) < 4.78 is 0. The van der Waals surface area contributed by atoms with Gasteiger partial charge in [-0.15, -0.1) is 0 Å². The zero-order chi connectivity index (χ0) is 15.4. The first-order valence-electron chi connectivity index (χ1n) is 8.04. The van der Waals surface area contributed by atoms with Crippen molar-refractivity contribution < 1.29 is 0 Å². The Morgan fingerprint density at radius 2 is 1.55 bits per heavy atom. The fourth-order valence-electron chi connectivity index (χ4n) is 2.95. The predicted octanol–water partition coefficient (Wildman–Crippen LogP) is 2.46. The lowest BCUT2D eigenvalue weighted by molar-refractivity contribution is 0.259. The molecule has 0 aliphatic carbocycles.